The molecule has 0 heterocycles. The first kappa shape index (κ1) is 12.7. The smallest absolute Gasteiger partial charge is 0.0662 e. The standard InChI is InChI=1S/C13H17IO/c1-3-4-9-13(2,15)10-11-5-7-12(14)8-6-11/h3,5-8,15H,1,4,9-10H2,2H3. The average Bonchev–Trinajstić information content (AvgIpc) is 2.18. The summed E-state index contributed by atoms with van der Waals surface area (Å²) in [7, 11) is 0. The van der Waals surface area contributed by atoms with Gasteiger partial charge in [0.1, 0.15) is 0 Å². The molecule has 1 nitrogen and oxygen atoms in total. The Morgan fingerprint density at radius 2 is 2.00 bits per heavy atom. The van der Waals surface area contributed by atoms with E-state index in [1.165, 1.54) is 9.13 Å². The lowest BCUT2D eigenvalue weighted by Gasteiger charge is -2.22. The largest absolute Gasteiger partial charge is 0.390 e. The molecular formula is C13H17IO. The summed E-state index contributed by atoms with van der Waals surface area (Å²) >= 11 is 2.28. The van der Waals surface area contributed by atoms with Crippen LogP contribution in [0.25, 0.3) is 0 Å². The molecule has 0 saturated heterocycles. The molecule has 0 saturated carbocycles. The molecule has 0 amide bonds. The summed E-state index contributed by atoms with van der Waals surface area (Å²) in [6.45, 7) is 5.55. The summed E-state index contributed by atoms with van der Waals surface area (Å²) in [6, 6.07) is 8.28. The number of hydrogen-bond acceptors (Lipinski definition) is 1. The number of rotatable bonds is 5. The number of hydrogen-bond donors (Lipinski definition) is 1. The van der Waals surface area contributed by atoms with E-state index in [0.29, 0.717) is 6.42 Å². The van der Waals surface area contributed by atoms with E-state index < -0.39 is 5.60 Å². The Bertz CT molecular complexity index is 314. The summed E-state index contributed by atoms with van der Waals surface area (Å²) in [5.41, 5.74) is 0.561. The van der Waals surface area contributed by atoms with Gasteiger partial charge in [0.25, 0.3) is 0 Å². The van der Waals surface area contributed by atoms with Gasteiger partial charge in [0.15, 0.2) is 0 Å². The van der Waals surface area contributed by atoms with E-state index >= 15 is 0 Å². The SMILES string of the molecule is C=CCCC(C)(O)Cc1ccc(I)cc1. The van der Waals surface area contributed by atoms with Crippen molar-refractivity contribution in [3.63, 3.8) is 0 Å². The Balaban J connectivity index is 2.59. The Kier molecular flexibility index (Phi) is 4.80. The van der Waals surface area contributed by atoms with Crippen molar-refractivity contribution in [3.8, 4) is 0 Å². The first-order valence-electron chi connectivity index (χ1n) is 5.11. The molecule has 1 aromatic rings. The van der Waals surface area contributed by atoms with Gasteiger partial charge in [-0.05, 0) is 60.1 Å². The van der Waals surface area contributed by atoms with Crippen molar-refractivity contribution in [1.82, 2.24) is 0 Å². The van der Waals surface area contributed by atoms with E-state index in [9.17, 15) is 5.11 Å². The Labute approximate surface area is 105 Å². The Hall–Kier alpha value is -0.350. The maximum Gasteiger partial charge on any atom is 0.0662 e. The molecule has 1 unspecified atom stereocenters. The monoisotopic (exact) mass is 316 g/mol. The molecule has 0 fully saturated rings. The topological polar surface area (TPSA) is 20.2 Å². The summed E-state index contributed by atoms with van der Waals surface area (Å²) in [5.74, 6) is 0. The molecule has 0 radical (unpaired) electrons. The third kappa shape index (κ3) is 4.80. The lowest BCUT2D eigenvalue weighted by Crippen LogP contribution is -2.26. The van der Waals surface area contributed by atoms with Crippen molar-refractivity contribution in [2.45, 2.75) is 31.8 Å². The second-order valence-corrected chi connectivity index (χ2v) is 5.37. The molecule has 1 atom stereocenters. The van der Waals surface area contributed by atoms with Crippen LogP contribution >= 0.6 is 22.6 Å². The number of benzene rings is 1. The second-order valence-electron chi connectivity index (χ2n) is 4.13. The van der Waals surface area contributed by atoms with Gasteiger partial charge >= 0.3 is 0 Å². The van der Waals surface area contributed by atoms with Crippen molar-refractivity contribution in [1.29, 1.82) is 0 Å². The van der Waals surface area contributed by atoms with Gasteiger partial charge in [-0.2, -0.15) is 0 Å². The molecule has 0 aliphatic carbocycles. The predicted octanol–water partition coefficient (Wildman–Crippen LogP) is 3.55. The molecule has 82 valence electrons. The molecule has 1 N–H and O–H groups in total. The van der Waals surface area contributed by atoms with Crippen molar-refractivity contribution in [2.75, 3.05) is 0 Å². The second kappa shape index (κ2) is 5.66. The summed E-state index contributed by atoms with van der Waals surface area (Å²) < 4.78 is 1.22. The molecule has 0 aliphatic rings. The number of aliphatic hydroxyl groups is 1. The number of halogens is 1. The van der Waals surface area contributed by atoms with Crippen LogP contribution in [0.3, 0.4) is 0 Å². The third-order valence-corrected chi connectivity index (χ3v) is 3.10. The van der Waals surface area contributed by atoms with Crippen molar-refractivity contribution in [3.05, 3.63) is 46.1 Å². The van der Waals surface area contributed by atoms with Crippen LogP contribution in [0.15, 0.2) is 36.9 Å². The molecule has 1 aromatic carbocycles. The van der Waals surface area contributed by atoms with E-state index in [1.54, 1.807) is 0 Å². The van der Waals surface area contributed by atoms with E-state index in [4.69, 9.17) is 0 Å². The third-order valence-electron chi connectivity index (χ3n) is 2.39. The van der Waals surface area contributed by atoms with Crippen LogP contribution < -0.4 is 0 Å². The maximum absolute atomic E-state index is 10.1. The molecule has 0 spiro atoms. The molecule has 2 heteroatoms. The van der Waals surface area contributed by atoms with Crippen LogP contribution in [0, 0.1) is 3.57 Å². The van der Waals surface area contributed by atoms with Gasteiger partial charge in [0, 0.05) is 9.99 Å². The van der Waals surface area contributed by atoms with Crippen LogP contribution in [0.5, 0.6) is 0 Å². The molecule has 1 rings (SSSR count). The molecule has 15 heavy (non-hydrogen) atoms. The van der Waals surface area contributed by atoms with Gasteiger partial charge in [-0.1, -0.05) is 18.2 Å². The van der Waals surface area contributed by atoms with Gasteiger partial charge in [-0.3, -0.25) is 0 Å². The maximum atomic E-state index is 10.1. The minimum atomic E-state index is -0.624. The van der Waals surface area contributed by atoms with Gasteiger partial charge in [0.2, 0.25) is 0 Å². The lowest BCUT2D eigenvalue weighted by molar-refractivity contribution is 0.0523. The summed E-state index contributed by atoms with van der Waals surface area (Å²) in [5, 5.41) is 10.1. The number of allylic oxidation sites excluding steroid dienone is 1. The van der Waals surface area contributed by atoms with E-state index in [-0.39, 0.29) is 0 Å². The fourth-order valence-corrected chi connectivity index (χ4v) is 1.90. The quantitative estimate of drug-likeness (QED) is 0.651. The zero-order valence-electron chi connectivity index (χ0n) is 9.04. The average molecular weight is 316 g/mol. The predicted molar refractivity (Wildman–Crippen MR) is 72.9 cm³/mol. The van der Waals surface area contributed by atoms with Crippen molar-refractivity contribution in [2.24, 2.45) is 0 Å². The Morgan fingerprint density at radius 3 is 2.53 bits per heavy atom. The van der Waals surface area contributed by atoms with Gasteiger partial charge in [-0.25, -0.2) is 0 Å². The van der Waals surface area contributed by atoms with Crippen LogP contribution in [0.1, 0.15) is 25.3 Å². The fraction of sp³-hybridized carbons (Fsp3) is 0.385. The normalized spacial score (nSPS) is 14.6. The minimum absolute atomic E-state index is 0.624. The van der Waals surface area contributed by atoms with Crippen molar-refractivity contribution >= 4 is 22.6 Å². The first-order valence-corrected chi connectivity index (χ1v) is 6.19. The fourth-order valence-electron chi connectivity index (χ4n) is 1.54. The van der Waals surface area contributed by atoms with E-state index in [2.05, 4.69) is 53.4 Å². The zero-order valence-corrected chi connectivity index (χ0v) is 11.2. The van der Waals surface area contributed by atoms with Crippen LogP contribution in [0.4, 0.5) is 0 Å². The van der Waals surface area contributed by atoms with Gasteiger partial charge < -0.3 is 5.11 Å². The zero-order chi connectivity index (χ0) is 11.3. The molecule has 0 aliphatic heterocycles. The highest BCUT2D eigenvalue weighted by Crippen LogP contribution is 2.19. The highest BCUT2D eigenvalue weighted by Gasteiger charge is 2.19. The van der Waals surface area contributed by atoms with Crippen LogP contribution in [-0.4, -0.2) is 10.7 Å². The molecule has 0 bridgehead atoms. The van der Waals surface area contributed by atoms with Crippen LogP contribution in [-0.2, 0) is 6.42 Å². The Morgan fingerprint density at radius 1 is 1.40 bits per heavy atom. The van der Waals surface area contributed by atoms with E-state index in [0.717, 1.165) is 12.8 Å². The minimum Gasteiger partial charge on any atom is -0.390 e. The summed E-state index contributed by atoms with van der Waals surface area (Å²) in [6.07, 6.45) is 4.18. The van der Waals surface area contributed by atoms with Crippen LogP contribution in [0.2, 0.25) is 0 Å². The van der Waals surface area contributed by atoms with E-state index in [1.807, 2.05) is 13.0 Å². The van der Waals surface area contributed by atoms with Gasteiger partial charge in [0.05, 0.1) is 5.60 Å². The first-order chi connectivity index (χ1) is 7.03. The molecule has 0 aromatic heterocycles. The van der Waals surface area contributed by atoms with Crippen molar-refractivity contribution < 1.29 is 5.11 Å². The summed E-state index contributed by atoms with van der Waals surface area (Å²) in [4.78, 5) is 0. The highest BCUT2D eigenvalue weighted by molar-refractivity contribution is 14.1. The lowest BCUT2D eigenvalue weighted by atomic mass is 9.92. The highest BCUT2D eigenvalue weighted by atomic mass is 127. The molecular weight excluding hydrogens is 299 g/mol. The van der Waals surface area contributed by atoms with Gasteiger partial charge in [-0.15, -0.1) is 6.58 Å².